The molecule has 1 aromatic carbocycles. The Kier molecular flexibility index (Phi) is 3.87. The third-order valence-electron chi connectivity index (χ3n) is 4.44. The number of amides is 1. The van der Waals surface area contributed by atoms with Gasteiger partial charge >= 0.3 is 0 Å². The summed E-state index contributed by atoms with van der Waals surface area (Å²) in [6, 6.07) is 9.84. The van der Waals surface area contributed by atoms with Gasteiger partial charge in [-0.3, -0.25) is 4.79 Å². The van der Waals surface area contributed by atoms with Gasteiger partial charge in [-0.15, -0.1) is 10.2 Å². The Labute approximate surface area is 148 Å². The number of carbonyl (C=O) groups excluding carboxylic acids is 1. The van der Waals surface area contributed by atoms with Gasteiger partial charge in [-0.1, -0.05) is 18.2 Å². The number of nitrogens with one attached hydrogen (secondary N) is 1. The first kappa shape index (κ1) is 16.2. The van der Waals surface area contributed by atoms with Gasteiger partial charge in [0.1, 0.15) is 11.6 Å². The number of aromatic nitrogens is 4. The fraction of sp³-hybridized carbons (Fsp3) is 0.222. The summed E-state index contributed by atoms with van der Waals surface area (Å²) in [5.41, 5.74) is 1.96. The summed E-state index contributed by atoms with van der Waals surface area (Å²) in [7, 11) is 1.50. The highest BCUT2D eigenvalue weighted by molar-refractivity contribution is 5.95. The van der Waals surface area contributed by atoms with Gasteiger partial charge in [0.25, 0.3) is 0 Å². The molecular weight excluding hydrogens is 337 g/mol. The van der Waals surface area contributed by atoms with Crippen LogP contribution in [-0.4, -0.2) is 33.0 Å². The van der Waals surface area contributed by atoms with Crippen LogP contribution in [0.2, 0.25) is 0 Å². The average Bonchev–Trinajstić information content (AvgIpc) is 2.98. The van der Waals surface area contributed by atoms with Crippen LogP contribution < -0.4 is 10.1 Å². The summed E-state index contributed by atoms with van der Waals surface area (Å²) >= 11 is 0. The van der Waals surface area contributed by atoms with Crippen molar-refractivity contribution in [2.45, 2.75) is 19.3 Å². The van der Waals surface area contributed by atoms with Crippen LogP contribution in [0.25, 0.3) is 5.82 Å². The molecule has 0 unspecified atom stereocenters. The maximum Gasteiger partial charge on any atom is 0.233 e. The van der Waals surface area contributed by atoms with Gasteiger partial charge in [0, 0.05) is 24.0 Å². The smallest absolute Gasteiger partial charge is 0.233 e. The molecule has 8 heteroatoms. The van der Waals surface area contributed by atoms with Gasteiger partial charge in [-0.25, -0.2) is 4.39 Å². The second-order valence-corrected chi connectivity index (χ2v) is 6.02. The molecule has 0 bridgehead atoms. The van der Waals surface area contributed by atoms with E-state index in [-0.39, 0.29) is 18.1 Å². The molecule has 1 N–H and O–H groups in total. The van der Waals surface area contributed by atoms with Gasteiger partial charge in [0.05, 0.1) is 12.8 Å². The molecule has 3 aromatic rings. The Morgan fingerprint density at radius 1 is 1.23 bits per heavy atom. The van der Waals surface area contributed by atoms with E-state index < -0.39 is 5.92 Å². The predicted octanol–water partition coefficient (Wildman–Crippen LogP) is 2.59. The number of aryl methyl sites for hydroxylation is 1. The van der Waals surface area contributed by atoms with Crippen molar-refractivity contribution < 1.29 is 13.9 Å². The highest BCUT2D eigenvalue weighted by Crippen LogP contribution is 2.40. The van der Waals surface area contributed by atoms with Gasteiger partial charge in [0.15, 0.2) is 5.82 Å². The number of halogens is 1. The number of carbonyl (C=O) groups is 1. The molecule has 0 spiro atoms. The lowest BCUT2D eigenvalue weighted by molar-refractivity contribution is -0.116. The van der Waals surface area contributed by atoms with Gasteiger partial charge in [0.2, 0.25) is 11.8 Å². The van der Waals surface area contributed by atoms with Crippen molar-refractivity contribution in [3.05, 3.63) is 59.0 Å². The SMILES string of the molecule is COc1ccc(-n2nc(C)c3c2NC(=O)C[C@H]3c2ccccc2F)nn1. The van der Waals surface area contributed by atoms with Crippen molar-refractivity contribution in [2.75, 3.05) is 12.4 Å². The zero-order chi connectivity index (χ0) is 18.3. The fourth-order valence-corrected chi connectivity index (χ4v) is 3.27. The Bertz CT molecular complexity index is 984. The van der Waals surface area contributed by atoms with Gasteiger partial charge in [-0.2, -0.15) is 9.78 Å². The van der Waals surface area contributed by atoms with Crippen LogP contribution in [0.15, 0.2) is 36.4 Å². The first-order chi connectivity index (χ1) is 12.6. The summed E-state index contributed by atoms with van der Waals surface area (Å²) in [4.78, 5) is 12.3. The molecule has 132 valence electrons. The second-order valence-electron chi connectivity index (χ2n) is 6.02. The standard InChI is InChI=1S/C18H16FN5O2/c1-10-17-12(11-5-3-4-6-13(11)19)9-15(25)20-18(17)24(23-10)14-7-8-16(26-2)22-21-14/h3-8,12H,9H2,1-2H3,(H,20,25)/t12-/m0/s1. The number of anilines is 1. The minimum absolute atomic E-state index is 0.161. The first-order valence-electron chi connectivity index (χ1n) is 8.10. The van der Waals surface area contributed by atoms with Crippen LogP contribution in [0.1, 0.15) is 29.2 Å². The van der Waals surface area contributed by atoms with E-state index in [0.717, 1.165) is 5.56 Å². The molecule has 0 saturated carbocycles. The average molecular weight is 353 g/mol. The monoisotopic (exact) mass is 353 g/mol. The minimum Gasteiger partial charge on any atom is -0.480 e. The van der Waals surface area contributed by atoms with Crippen LogP contribution in [0.5, 0.6) is 5.88 Å². The topological polar surface area (TPSA) is 81.9 Å². The lowest BCUT2D eigenvalue weighted by Gasteiger charge is -2.24. The fourth-order valence-electron chi connectivity index (χ4n) is 3.27. The molecule has 0 radical (unpaired) electrons. The number of ether oxygens (including phenoxy) is 1. The highest BCUT2D eigenvalue weighted by Gasteiger charge is 2.34. The maximum absolute atomic E-state index is 14.3. The molecule has 1 atom stereocenters. The molecule has 26 heavy (non-hydrogen) atoms. The van der Waals surface area contributed by atoms with Crippen molar-refractivity contribution in [1.29, 1.82) is 0 Å². The lowest BCUT2D eigenvalue weighted by atomic mass is 9.85. The van der Waals surface area contributed by atoms with Crippen molar-refractivity contribution in [2.24, 2.45) is 0 Å². The maximum atomic E-state index is 14.3. The molecule has 1 aliphatic rings. The summed E-state index contributed by atoms with van der Waals surface area (Å²) < 4.78 is 20.9. The van der Waals surface area contributed by atoms with Crippen molar-refractivity contribution in [3.8, 4) is 11.7 Å². The third-order valence-corrected chi connectivity index (χ3v) is 4.44. The van der Waals surface area contributed by atoms with Crippen LogP contribution >= 0.6 is 0 Å². The van der Waals surface area contributed by atoms with Crippen LogP contribution in [-0.2, 0) is 4.79 Å². The van der Waals surface area contributed by atoms with Crippen molar-refractivity contribution in [1.82, 2.24) is 20.0 Å². The van der Waals surface area contributed by atoms with Crippen LogP contribution in [0.4, 0.5) is 10.2 Å². The molecule has 0 fully saturated rings. The number of rotatable bonds is 3. The second kappa shape index (κ2) is 6.21. The molecule has 1 aliphatic heterocycles. The van der Waals surface area contributed by atoms with E-state index in [0.29, 0.717) is 28.8 Å². The quantitative estimate of drug-likeness (QED) is 0.783. The highest BCUT2D eigenvalue weighted by atomic mass is 19.1. The first-order valence-corrected chi connectivity index (χ1v) is 8.10. The van der Waals surface area contributed by atoms with Crippen molar-refractivity contribution >= 4 is 11.7 Å². The Morgan fingerprint density at radius 3 is 2.73 bits per heavy atom. The van der Waals surface area contributed by atoms with E-state index in [4.69, 9.17) is 4.74 Å². The van der Waals surface area contributed by atoms with Gasteiger partial charge < -0.3 is 10.1 Å². The summed E-state index contributed by atoms with van der Waals surface area (Å²) in [5.74, 6) is 0.360. The van der Waals surface area contributed by atoms with E-state index in [1.54, 1.807) is 30.3 Å². The predicted molar refractivity (Wildman–Crippen MR) is 91.9 cm³/mol. The Hall–Kier alpha value is -3.29. The molecular formula is C18H16FN5O2. The molecule has 0 saturated heterocycles. The number of methoxy groups -OCH3 is 1. The van der Waals surface area contributed by atoms with Gasteiger partial charge in [-0.05, 0) is 24.6 Å². The number of hydrogen-bond acceptors (Lipinski definition) is 5. The minimum atomic E-state index is -0.403. The number of nitrogens with zero attached hydrogens (tertiary/aromatic N) is 4. The Morgan fingerprint density at radius 2 is 2.04 bits per heavy atom. The molecule has 3 heterocycles. The molecule has 2 aromatic heterocycles. The van der Waals surface area contributed by atoms with E-state index in [2.05, 4.69) is 20.6 Å². The number of hydrogen-bond donors (Lipinski definition) is 1. The zero-order valence-corrected chi connectivity index (χ0v) is 14.2. The normalized spacial score (nSPS) is 16.1. The summed E-state index contributed by atoms with van der Waals surface area (Å²) in [6.45, 7) is 1.83. The lowest BCUT2D eigenvalue weighted by Crippen LogP contribution is -2.25. The summed E-state index contributed by atoms with van der Waals surface area (Å²) in [5, 5.41) is 15.3. The number of benzene rings is 1. The largest absolute Gasteiger partial charge is 0.480 e. The van der Waals surface area contributed by atoms with Crippen LogP contribution in [0.3, 0.4) is 0 Å². The zero-order valence-electron chi connectivity index (χ0n) is 14.2. The number of fused-ring (bicyclic) bond motifs is 1. The summed E-state index contributed by atoms with van der Waals surface area (Å²) in [6.07, 6.45) is 0.161. The molecule has 0 aliphatic carbocycles. The van der Waals surface area contributed by atoms with E-state index in [1.165, 1.54) is 17.9 Å². The van der Waals surface area contributed by atoms with E-state index in [9.17, 15) is 9.18 Å². The molecule has 7 nitrogen and oxygen atoms in total. The van der Waals surface area contributed by atoms with Crippen LogP contribution in [0, 0.1) is 12.7 Å². The third kappa shape index (κ3) is 2.59. The van der Waals surface area contributed by atoms with E-state index >= 15 is 0 Å². The van der Waals surface area contributed by atoms with E-state index in [1.807, 2.05) is 6.92 Å². The van der Waals surface area contributed by atoms with Crippen molar-refractivity contribution in [3.63, 3.8) is 0 Å². The molecule has 1 amide bonds. The Balaban J connectivity index is 1.86. The molecule has 4 rings (SSSR count).